The third-order valence-corrected chi connectivity index (χ3v) is 3.47. The van der Waals surface area contributed by atoms with E-state index in [1.807, 2.05) is 0 Å². The molecule has 2 rings (SSSR count). The fourth-order valence-corrected chi connectivity index (χ4v) is 2.22. The molecule has 1 aromatic heterocycles. The number of hydrogen-bond acceptors (Lipinski definition) is 4. The number of benzene rings is 1. The highest BCUT2D eigenvalue weighted by Gasteiger charge is 2.11. The van der Waals surface area contributed by atoms with Crippen LogP contribution in [0.15, 0.2) is 42.6 Å². The molecule has 0 fully saturated rings. The largest absolute Gasteiger partial charge is 0.478 e. The van der Waals surface area contributed by atoms with Gasteiger partial charge in [0.1, 0.15) is 0 Å². The summed E-state index contributed by atoms with van der Waals surface area (Å²) in [6, 6.07) is 9.96. The number of carbonyl (C=O) groups is 1. The van der Waals surface area contributed by atoms with Gasteiger partial charge in [-0.25, -0.2) is 17.9 Å². The molecule has 0 spiro atoms. The predicted octanol–water partition coefficient (Wildman–Crippen LogP) is 1.50. The smallest absolute Gasteiger partial charge is 0.336 e. The van der Waals surface area contributed by atoms with Gasteiger partial charge in [-0.3, -0.25) is 4.98 Å². The van der Waals surface area contributed by atoms with Crippen molar-refractivity contribution >= 4 is 16.0 Å². The fourth-order valence-electron chi connectivity index (χ4n) is 1.80. The summed E-state index contributed by atoms with van der Waals surface area (Å²) in [6.07, 6.45) is 2.60. The summed E-state index contributed by atoms with van der Waals surface area (Å²) in [5, 5.41) is 9.15. The van der Waals surface area contributed by atoms with Crippen LogP contribution in [0, 0.1) is 0 Å². The summed E-state index contributed by atoms with van der Waals surface area (Å²) in [7, 11) is -3.26. The van der Waals surface area contributed by atoms with Crippen LogP contribution < -0.4 is 4.72 Å². The van der Waals surface area contributed by atoms with Crippen molar-refractivity contribution in [2.24, 2.45) is 0 Å². The van der Waals surface area contributed by atoms with Crippen LogP contribution in [0.1, 0.15) is 15.9 Å². The number of aromatic nitrogens is 1. The van der Waals surface area contributed by atoms with Crippen molar-refractivity contribution in [2.45, 2.75) is 6.54 Å². The van der Waals surface area contributed by atoms with Crippen LogP contribution >= 0.6 is 0 Å². The number of aromatic carboxylic acids is 1. The van der Waals surface area contributed by atoms with Crippen molar-refractivity contribution in [1.29, 1.82) is 0 Å². The van der Waals surface area contributed by atoms with Crippen molar-refractivity contribution in [3.63, 3.8) is 0 Å². The van der Waals surface area contributed by atoms with E-state index in [4.69, 9.17) is 5.11 Å². The second-order valence-corrected chi connectivity index (χ2v) is 6.33. The molecule has 1 aromatic carbocycles. The van der Waals surface area contributed by atoms with E-state index in [2.05, 4.69) is 9.71 Å². The van der Waals surface area contributed by atoms with Crippen LogP contribution in [0.5, 0.6) is 0 Å². The lowest BCUT2D eigenvalue weighted by Crippen LogP contribution is -2.21. The van der Waals surface area contributed by atoms with Gasteiger partial charge < -0.3 is 5.11 Å². The van der Waals surface area contributed by atoms with Crippen LogP contribution in [0.25, 0.3) is 11.3 Å². The van der Waals surface area contributed by atoms with Gasteiger partial charge in [-0.2, -0.15) is 0 Å². The molecule has 110 valence electrons. The zero-order chi connectivity index (χ0) is 15.5. The van der Waals surface area contributed by atoms with Crippen LogP contribution in [0.4, 0.5) is 0 Å². The van der Waals surface area contributed by atoms with Gasteiger partial charge in [0.2, 0.25) is 10.0 Å². The van der Waals surface area contributed by atoms with Crippen molar-refractivity contribution in [3.05, 3.63) is 53.7 Å². The Kier molecular flexibility index (Phi) is 4.35. The number of nitrogens with one attached hydrogen (secondary N) is 1. The second-order valence-electron chi connectivity index (χ2n) is 4.50. The Hall–Kier alpha value is -2.25. The first kappa shape index (κ1) is 15.1. The van der Waals surface area contributed by atoms with Gasteiger partial charge >= 0.3 is 5.97 Å². The molecule has 0 bridgehead atoms. The monoisotopic (exact) mass is 306 g/mol. The third-order valence-electron chi connectivity index (χ3n) is 2.80. The maximum Gasteiger partial charge on any atom is 0.336 e. The van der Waals surface area contributed by atoms with Crippen molar-refractivity contribution in [3.8, 4) is 11.3 Å². The second kappa shape index (κ2) is 6.02. The Morgan fingerprint density at radius 3 is 2.52 bits per heavy atom. The molecule has 0 amide bonds. The molecule has 21 heavy (non-hydrogen) atoms. The SMILES string of the molecule is CS(=O)(=O)NCc1ccc(-c2ccccc2C(=O)O)nc1. The molecule has 0 radical (unpaired) electrons. The molecular weight excluding hydrogens is 292 g/mol. The maximum absolute atomic E-state index is 11.2. The van der Waals surface area contributed by atoms with E-state index < -0.39 is 16.0 Å². The van der Waals surface area contributed by atoms with Gasteiger partial charge in [0.25, 0.3) is 0 Å². The van der Waals surface area contributed by atoms with E-state index >= 15 is 0 Å². The molecule has 0 unspecified atom stereocenters. The first-order chi connectivity index (χ1) is 9.87. The summed E-state index contributed by atoms with van der Waals surface area (Å²) in [6.45, 7) is 0.146. The number of sulfonamides is 1. The lowest BCUT2D eigenvalue weighted by Gasteiger charge is -2.07. The maximum atomic E-state index is 11.2. The Bertz CT molecular complexity index is 755. The first-order valence-electron chi connectivity index (χ1n) is 6.09. The Morgan fingerprint density at radius 1 is 1.24 bits per heavy atom. The van der Waals surface area contributed by atoms with Crippen LogP contribution in [0.3, 0.4) is 0 Å². The molecule has 1 heterocycles. The Labute approximate surface area is 122 Å². The average Bonchev–Trinajstić information content (AvgIpc) is 2.45. The van der Waals surface area contributed by atoms with Gasteiger partial charge in [0.05, 0.1) is 17.5 Å². The first-order valence-corrected chi connectivity index (χ1v) is 7.98. The summed E-state index contributed by atoms with van der Waals surface area (Å²) in [5.74, 6) is -1.02. The number of rotatable bonds is 5. The number of nitrogens with zero attached hydrogens (tertiary/aromatic N) is 1. The lowest BCUT2D eigenvalue weighted by molar-refractivity contribution is 0.0697. The zero-order valence-electron chi connectivity index (χ0n) is 11.3. The molecular formula is C14H14N2O4S. The molecule has 2 N–H and O–H groups in total. The number of hydrogen-bond donors (Lipinski definition) is 2. The average molecular weight is 306 g/mol. The minimum absolute atomic E-state index is 0.146. The molecule has 0 aliphatic rings. The standard InChI is InChI=1S/C14H14N2O4S/c1-21(19,20)16-9-10-6-7-13(15-8-10)11-4-2-3-5-12(11)14(17)18/h2-8,16H,9H2,1H3,(H,17,18). The van der Waals surface area contributed by atoms with Gasteiger partial charge in [0, 0.05) is 18.3 Å². The third kappa shape index (κ3) is 4.11. The summed E-state index contributed by atoms with van der Waals surface area (Å²) >= 11 is 0. The molecule has 0 aliphatic carbocycles. The minimum atomic E-state index is -3.26. The van der Waals surface area contributed by atoms with E-state index in [9.17, 15) is 13.2 Å². The van der Waals surface area contributed by atoms with Crippen molar-refractivity contribution in [1.82, 2.24) is 9.71 Å². The van der Waals surface area contributed by atoms with E-state index in [0.29, 0.717) is 16.8 Å². The van der Waals surface area contributed by atoms with E-state index in [0.717, 1.165) is 6.26 Å². The highest BCUT2D eigenvalue weighted by molar-refractivity contribution is 7.88. The van der Waals surface area contributed by atoms with Crippen LogP contribution in [0.2, 0.25) is 0 Å². The van der Waals surface area contributed by atoms with Gasteiger partial charge in [-0.1, -0.05) is 24.3 Å². The highest BCUT2D eigenvalue weighted by atomic mass is 32.2. The lowest BCUT2D eigenvalue weighted by atomic mass is 10.0. The molecule has 0 saturated carbocycles. The number of pyridine rings is 1. The summed E-state index contributed by atoms with van der Waals surface area (Å²) in [4.78, 5) is 15.4. The van der Waals surface area contributed by atoms with E-state index in [1.54, 1.807) is 30.3 Å². The van der Waals surface area contributed by atoms with Crippen molar-refractivity contribution < 1.29 is 18.3 Å². The van der Waals surface area contributed by atoms with Crippen molar-refractivity contribution in [2.75, 3.05) is 6.26 Å². The Morgan fingerprint density at radius 2 is 1.95 bits per heavy atom. The molecule has 0 aliphatic heterocycles. The van der Waals surface area contributed by atoms with Gasteiger partial charge in [-0.15, -0.1) is 0 Å². The van der Waals surface area contributed by atoms with Gasteiger partial charge in [-0.05, 0) is 17.7 Å². The molecule has 0 atom stereocenters. The molecule has 0 saturated heterocycles. The summed E-state index contributed by atoms with van der Waals surface area (Å²) < 4.78 is 24.4. The van der Waals surface area contributed by atoms with Crippen LogP contribution in [-0.4, -0.2) is 30.7 Å². The fraction of sp³-hybridized carbons (Fsp3) is 0.143. The molecule has 2 aromatic rings. The Balaban J connectivity index is 2.25. The van der Waals surface area contributed by atoms with E-state index in [-0.39, 0.29) is 12.1 Å². The number of carboxylic acid groups (broad SMARTS) is 1. The normalized spacial score (nSPS) is 11.3. The minimum Gasteiger partial charge on any atom is -0.478 e. The molecule has 7 heteroatoms. The zero-order valence-corrected chi connectivity index (χ0v) is 12.1. The predicted molar refractivity (Wildman–Crippen MR) is 78.3 cm³/mol. The number of carboxylic acids is 1. The molecule has 6 nitrogen and oxygen atoms in total. The van der Waals surface area contributed by atoms with Crippen LogP contribution in [-0.2, 0) is 16.6 Å². The highest BCUT2D eigenvalue weighted by Crippen LogP contribution is 2.21. The quantitative estimate of drug-likeness (QED) is 0.872. The topological polar surface area (TPSA) is 96.4 Å². The van der Waals surface area contributed by atoms with Gasteiger partial charge in [0.15, 0.2) is 0 Å². The summed E-state index contributed by atoms with van der Waals surface area (Å²) in [5.41, 5.74) is 1.91. The van der Waals surface area contributed by atoms with E-state index in [1.165, 1.54) is 12.3 Å².